The zero-order chi connectivity index (χ0) is 12.5. The predicted molar refractivity (Wildman–Crippen MR) is 70.3 cm³/mol. The number of methoxy groups -OCH3 is 2. The Morgan fingerprint density at radius 3 is 2.76 bits per heavy atom. The molecule has 1 aliphatic rings. The molecule has 0 saturated heterocycles. The molecular weight excluding hydrogens is 284 g/mol. The maximum atomic E-state index is 5.20. The van der Waals surface area contributed by atoms with Gasteiger partial charge in [-0.3, -0.25) is 0 Å². The minimum absolute atomic E-state index is 0.0821. The van der Waals surface area contributed by atoms with Crippen molar-refractivity contribution < 1.29 is 9.47 Å². The summed E-state index contributed by atoms with van der Waals surface area (Å²) in [6.45, 7) is 2.11. The van der Waals surface area contributed by atoms with Gasteiger partial charge in [-0.15, -0.1) is 0 Å². The van der Waals surface area contributed by atoms with Crippen LogP contribution in [0.2, 0.25) is 0 Å². The first-order valence-corrected chi connectivity index (χ1v) is 6.37. The molecule has 0 aliphatic carbocycles. The average molecular weight is 301 g/mol. The molecule has 0 unspecified atom stereocenters. The largest absolute Gasteiger partial charge is 0.355 e. The Bertz CT molecular complexity index is 405. The van der Waals surface area contributed by atoms with E-state index in [1.807, 2.05) is 6.07 Å². The van der Waals surface area contributed by atoms with Crippen LogP contribution in [0.1, 0.15) is 30.9 Å². The maximum Gasteiger partial charge on any atom is 0.200 e. The summed E-state index contributed by atoms with van der Waals surface area (Å²) in [4.78, 5) is 4.56. The number of hydrogen-bond donors (Lipinski definition) is 1. The lowest BCUT2D eigenvalue weighted by Gasteiger charge is -2.31. The molecule has 2 rings (SSSR count). The maximum absolute atomic E-state index is 5.20. The van der Waals surface area contributed by atoms with Gasteiger partial charge in [0.05, 0.1) is 10.1 Å². The van der Waals surface area contributed by atoms with Crippen LogP contribution >= 0.6 is 15.9 Å². The monoisotopic (exact) mass is 300 g/mol. The van der Waals surface area contributed by atoms with E-state index in [0.717, 1.165) is 24.4 Å². The second-order valence-electron chi connectivity index (χ2n) is 4.37. The van der Waals surface area contributed by atoms with Crippen LogP contribution in [0.15, 0.2) is 12.1 Å². The molecule has 1 aliphatic heterocycles. The molecule has 0 spiro atoms. The summed E-state index contributed by atoms with van der Waals surface area (Å²) in [5, 5.41) is 3.37. The fourth-order valence-electron chi connectivity index (χ4n) is 1.96. The number of anilines is 1. The highest BCUT2D eigenvalue weighted by Gasteiger charge is 2.27. The van der Waals surface area contributed by atoms with Crippen molar-refractivity contribution in [2.24, 2.45) is 0 Å². The molecular formula is C12H17BrN2O2. The van der Waals surface area contributed by atoms with Crippen LogP contribution in [0.4, 0.5) is 5.82 Å². The lowest BCUT2D eigenvalue weighted by atomic mass is 10.0. The van der Waals surface area contributed by atoms with E-state index in [1.165, 1.54) is 5.56 Å². The van der Waals surface area contributed by atoms with Gasteiger partial charge in [0.2, 0.25) is 6.29 Å². The summed E-state index contributed by atoms with van der Waals surface area (Å²) in [6, 6.07) is 4.03. The Labute approximate surface area is 110 Å². The molecule has 4 nitrogen and oxygen atoms in total. The Kier molecular flexibility index (Phi) is 3.70. The summed E-state index contributed by atoms with van der Waals surface area (Å²) in [5.41, 5.74) is 2.02. The summed E-state index contributed by atoms with van der Waals surface area (Å²) in [7, 11) is 3.22. The second kappa shape index (κ2) is 4.92. The summed E-state index contributed by atoms with van der Waals surface area (Å²) < 4.78 is 10.3. The van der Waals surface area contributed by atoms with Gasteiger partial charge in [0.15, 0.2) is 0 Å². The van der Waals surface area contributed by atoms with E-state index in [1.54, 1.807) is 14.2 Å². The number of hydrogen-bond acceptors (Lipinski definition) is 4. The Morgan fingerprint density at radius 1 is 1.41 bits per heavy atom. The van der Waals surface area contributed by atoms with Crippen LogP contribution in [0.5, 0.6) is 0 Å². The first-order valence-electron chi connectivity index (χ1n) is 5.58. The van der Waals surface area contributed by atoms with Crippen molar-refractivity contribution in [1.29, 1.82) is 0 Å². The molecule has 0 aromatic carbocycles. The molecule has 17 heavy (non-hydrogen) atoms. The van der Waals surface area contributed by atoms with Gasteiger partial charge in [0.1, 0.15) is 5.82 Å². The molecule has 0 fully saturated rings. The number of rotatable bonds is 3. The average Bonchev–Trinajstić information content (AvgIpc) is 2.29. The number of nitrogens with one attached hydrogen (secondary N) is 1. The van der Waals surface area contributed by atoms with Crippen molar-refractivity contribution in [2.45, 2.75) is 30.5 Å². The van der Waals surface area contributed by atoms with Gasteiger partial charge in [-0.2, -0.15) is 0 Å². The highest BCUT2D eigenvalue weighted by atomic mass is 79.9. The van der Waals surface area contributed by atoms with E-state index in [2.05, 4.69) is 39.2 Å². The van der Waals surface area contributed by atoms with Crippen molar-refractivity contribution in [3.8, 4) is 0 Å². The molecule has 0 saturated carbocycles. The first-order chi connectivity index (χ1) is 8.05. The molecule has 0 radical (unpaired) electrons. The Morgan fingerprint density at radius 2 is 2.12 bits per heavy atom. The van der Waals surface area contributed by atoms with Gasteiger partial charge in [0, 0.05) is 14.2 Å². The molecule has 1 aromatic heterocycles. The molecule has 1 atom stereocenters. The molecule has 5 heteroatoms. The SMILES string of the molecule is COC(OC)c1ccc2c(n1)N[C@](C)(Br)CC2. The van der Waals surface area contributed by atoms with Crippen molar-refractivity contribution in [3.63, 3.8) is 0 Å². The second-order valence-corrected chi connectivity index (χ2v) is 6.12. The van der Waals surface area contributed by atoms with Gasteiger partial charge >= 0.3 is 0 Å². The van der Waals surface area contributed by atoms with E-state index in [9.17, 15) is 0 Å². The number of halogens is 1. The van der Waals surface area contributed by atoms with E-state index in [4.69, 9.17) is 9.47 Å². The zero-order valence-electron chi connectivity index (χ0n) is 10.3. The quantitative estimate of drug-likeness (QED) is 0.530. The van der Waals surface area contributed by atoms with E-state index in [-0.39, 0.29) is 4.45 Å². The van der Waals surface area contributed by atoms with Crippen LogP contribution in [0.3, 0.4) is 0 Å². The third-order valence-corrected chi connectivity index (χ3v) is 3.51. The number of alkyl halides is 1. The zero-order valence-corrected chi connectivity index (χ0v) is 11.9. The predicted octanol–water partition coefficient (Wildman–Crippen LogP) is 2.84. The molecule has 1 N–H and O–H groups in total. The van der Waals surface area contributed by atoms with Crippen LogP contribution in [0.25, 0.3) is 0 Å². The lowest BCUT2D eigenvalue weighted by Crippen LogP contribution is -2.33. The van der Waals surface area contributed by atoms with E-state index in [0.29, 0.717) is 0 Å². The van der Waals surface area contributed by atoms with Crippen LogP contribution in [0, 0.1) is 0 Å². The summed E-state index contributed by atoms with van der Waals surface area (Å²) in [6.07, 6.45) is 1.65. The van der Waals surface area contributed by atoms with Gasteiger partial charge in [0.25, 0.3) is 0 Å². The van der Waals surface area contributed by atoms with Gasteiger partial charge in [-0.1, -0.05) is 22.0 Å². The topological polar surface area (TPSA) is 43.4 Å². The van der Waals surface area contributed by atoms with Crippen molar-refractivity contribution in [1.82, 2.24) is 4.98 Å². The Balaban J connectivity index is 2.30. The molecule has 1 aromatic rings. The van der Waals surface area contributed by atoms with Gasteiger partial charge < -0.3 is 14.8 Å². The van der Waals surface area contributed by atoms with Crippen molar-refractivity contribution >= 4 is 21.7 Å². The number of aromatic nitrogens is 1. The van der Waals surface area contributed by atoms with E-state index >= 15 is 0 Å². The number of aryl methyl sites for hydroxylation is 1. The van der Waals surface area contributed by atoms with Crippen LogP contribution in [-0.2, 0) is 15.9 Å². The smallest absolute Gasteiger partial charge is 0.200 e. The number of fused-ring (bicyclic) bond motifs is 1. The van der Waals surface area contributed by atoms with Gasteiger partial charge in [-0.05, 0) is 31.4 Å². The lowest BCUT2D eigenvalue weighted by molar-refractivity contribution is -0.108. The molecule has 0 bridgehead atoms. The number of nitrogens with zero attached hydrogens (tertiary/aromatic N) is 1. The highest BCUT2D eigenvalue weighted by molar-refractivity contribution is 9.10. The van der Waals surface area contributed by atoms with Crippen LogP contribution in [-0.4, -0.2) is 23.7 Å². The van der Waals surface area contributed by atoms with Crippen LogP contribution < -0.4 is 5.32 Å². The first kappa shape index (κ1) is 12.8. The third kappa shape index (κ3) is 2.78. The molecule has 2 heterocycles. The number of ether oxygens (including phenoxy) is 2. The minimum atomic E-state index is -0.411. The third-order valence-electron chi connectivity index (χ3n) is 2.91. The van der Waals surface area contributed by atoms with Crippen molar-refractivity contribution in [3.05, 3.63) is 23.4 Å². The Hall–Kier alpha value is -0.650. The standard InChI is InChI=1S/C12H17BrN2O2/c1-12(13)7-6-8-4-5-9(11(16-2)17-3)14-10(8)15-12/h4-5,11H,6-7H2,1-3H3,(H,14,15)/t12-/m0/s1. The highest BCUT2D eigenvalue weighted by Crippen LogP contribution is 2.34. The summed E-state index contributed by atoms with van der Waals surface area (Å²) >= 11 is 3.64. The minimum Gasteiger partial charge on any atom is -0.355 e. The fourth-order valence-corrected chi connectivity index (χ4v) is 2.35. The molecule has 94 valence electrons. The molecule has 0 amide bonds. The normalized spacial score (nSPS) is 23.4. The fraction of sp³-hybridized carbons (Fsp3) is 0.583. The number of pyridine rings is 1. The van der Waals surface area contributed by atoms with Gasteiger partial charge in [-0.25, -0.2) is 4.98 Å². The van der Waals surface area contributed by atoms with Crippen molar-refractivity contribution in [2.75, 3.05) is 19.5 Å². The van der Waals surface area contributed by atoms with E-state index < -0.39 is 6.29 Å². The summed E-state index contributed by atoms with van der Waals surface area (Å²) in [5.74, 6) is 0.909.